The van der Waals surface area contributed by atoms with Crippen LogP contribution in [0.25, 0.3) is 0 Å². The summed E-state index contributed by atoms with van der Waals surface area (Å²) in [5.41, 5.74) is 0. The SMILES string of the molecule is O=C(NCC1CCCC1)c1cnns1. The summed E-state index contributed by atoms with van der Waals surface area (Å²) in [5.74, 6) is 0.645. The normalized spacial score (nSPS) is 17.1. The second-order valence-corrected chi connectivity index (χ2v) is 4.43. The molecule has 4 nitrogen and oxygen atoms in total. The van der Waals surface area contributed by atoms with Gasteiger partial charge in [-0.3, -0.25) is 4.79 Å². The van der Waals surface area contributed by atoms with Crippen LogP contribution in [0.4, 0.5) is 0 Å². The molecule has 0 saturated heterocycles. The monoisotopic (exact) mass is 211 g/mol. The van der Waals surface area contributed by atoms with Crippen LogP contribution in [0.1, 0.15) is 35.4 Å². The summed E-state index contributed by atoms with van der Waals surface area (Å²) < 4.78 is 3.65. The summed E-state index contributed by atoms with van der Waals surface area (Å²) in [5, 5.41) is 6.55. The molecule has 1 N–H and O–H groups in total. The molecule has 1 saturated carbocycles. The number of aromatic nitrogens is 2. The van der Waals surface area contributed by atoms with E-state index < -0.39 is 0 Å². The van der Waals surface area contributed by atoms with Gasteiger partial charge in [0.2, 0.25) is 0 Å². The minimum Gasteiger partial charge on any atom is -0.351 e. The molecule has 2 rings (SSSR count). The van der Waals surface area contributed by atoms with Crippen LogP contribution in [0.5, 0.6) is 0 Å². The van der Waals surface area contributed by atoms with Crippen LogP contribution in [-0.4, -0.2) is 22.0 Å². The Hall–Kier alpha value is -0.970. The number of carbonyl (C=O) groups excluding carboxylic acids is 1. The van der Waals surface area contributed by atoms with Crippen LogP contribution in [0.2, 0.25) is 0 Å². The molecule has 1 aliphatic rings. The third-order valence-electron chi connectivity index (χ3n) is 2.61. The number of hydrogen-bond acceptors (Lipinski definition) is 4. The van der Waals surface area contributed by atoms with Crippen molar-refractivity contribution >= 4 is 17.4 Å². The van der Waals surface area contributed by atoms with Crippen molar-refractivity contribution in [3.63, 3.8) is 0 Å². The van der Waals surface area contributed by atoms with Crippen LogP contribution >= 0.6 is 11.5 Å². The zero-order valence-corrected chi connectivity index (χ0v) is 8.72. The molecule has 0 aliphatic heterocycles. The fourth-order valence-corrected chi connectivity index (χ4v) is 2.24. The fraction of sp³-hybridized carbons (Fsp3) is 0.667. The number of hydrogen-bond donors (Lipinski definition) is 1. The summed E-state index contributed by atoms with van der Waals surface area (Å²) >= 11 is 1.14. The Morgan fingerprint density at radius 3 is 3.00 bits per heavy atom. The third-order valence-corrected chi connectivity index (χ3v) is 3.27. The van der Waals surface area contributed by atoms with E-state index in [2.05, 4.69) is 14.9 Å². The highest BCUT2D eigenvalue weighted by atomic mass is 32.1. The molecule has 1 aromatic rings. The Morgan fingerprint density at radius 2 is 2.36 bits per heavy atom. The minimum absolute atomic E-state index is 0.0353. The average molecular weight is 211 g/mol. The Morgan fingerprint density at radius 1 is 1.57 bits per heavy atom. The van der Waals surface area contributed by atoms with Gasteiger partial charge in [0.25, 0.3) is 5.91 Å². The van der Waals surface area contributed by atoms with E-state index in [4.69, 9.17) is 0 Å². The van der Waals surface area contributed by atoms with Crippen molar-refractivity contribution in [1.29, 1.82) is 0 Å². The first-order chi connectivity index (χ1) is 6.86. The molecule has 0 unspecified atom stereocenters. The maximum Gasteiger partial charge on any atom is 0.264 e. The second kappa shape index (κ2) is 4.50. The van der Waals surface area contributed by atoms with Crippen LogP contribution in [0.3, 0.4) is 0 Å². The molecule has 14 heavy (non-hydrogen) atoms. The lowest BCUT2D eigenvalue weighted by atomic mass is 10.1. The maximum absolute atomic E-state index is 11.5. The zero-order valence-electron chi connectivity index (χ0n) is 7.90. The molecule has 0 atom stereocenters. The third kappa shape index (κ3) is 2.29. The van der Waals surface area contributed by atoms with E-state index >= 15 is 0 Å². The van der Waals surface area contributed by atoms with E-state index in [0.717, 1.165) is 18.1 Å². The van der Waals surface area contributed by atoms with Crippen LogP contribution in [-0.2, 0) is 0 Å². The molecule has 76 valence electrons. The molecular weight excluding hydrogens is 198 g/mol. The van der Waals surface area contributed by atoms with Gasteiger partial charge in [0.15, 0.2) is 0 Å². The molecule has 1 heterocycles. The van der Waals surface area contributed by atoms with Crippen LogP contribution < -0.4 is 5.32 Å². The first-order valence-electron chi connectivity index (χ1n) is 4.92. The number of amides is 1. The maximum atomic E-state index is 11.5. The highest BCUT2D eigenvalue weighted by molar-refractivity contribution is 7.07. The van der Waals surface area contributed by atoms with Gasteiger partial charge in [-0.05, 0) is 30.3 Å². The molecular formula is C9H13N3OS. The largest absolute Gasteiger partial charge is 0.351 e. The second-order valence-electron chi connectivity index (χ2n) is 3.64. The van der Waals surface area contributed by atoms with E-state index in [9.17, 15) is 4.79 Å². The van der Waals surface area contributed by atoms with Gasteiger partial charge in [0.1, 0.15) is 4.88 Å². The molecule has 1 fully saturated rings. The quantitative estimate of drug-likeness (QED) is 0.823. The average Bonchev–Trinajstić information content (AvgIpc) is 2.87. The Kier molecular flexibility index (Phi) is 3.08. The van der Waals surface area contributed by atoms with E-state index in [0.29, 0.717) is 10.8 Å². The van der Waals surface area contributed by atoms with Crippen molar-refractivity contribution in [2.75, 3.05) is 6.54 Å². The molecule has 5 heteroatoms. The Bertz CT molecular complexity index is 293. The van der Waals surface area contributed by atoms with Crippen molar-refractivity contribution in [2.24, 2.45) is 5.92 Å². The van der Waals surface area contributed by atoms with Gasteiger partial charge in [-0.1, -0.05) is 17.3 Å². The number of rotatable bonds is 3. The molecule has 1 aromatic heterocycles. The minimum atomic E-state index is -0.0353. The number of nitrogens with one attached hydrogen (secondary N) is 1. The van der Waals surface area contributed by atoms with E-state index in [1.165, 1.54) is 31.9 Å². The van der Waals surface area contributed by atoms with Crippen LogP contribution in [0, 0.1) is 5.92 Å². The predicted molar refractivity (Wildman–Crippen MR) is 54.2 cm³/mol. The lowest BCUT2D eigenvalue weighted by Crippen LogP contribution is -2.27. The lowest BCUT2D eigenvalue weighted by Gasteiger charge is -2.08. The standard InChI is InChI=1S/C9H13N3OS/c13-9(8-6-11-12-14-8)10-5-7-3-1-2-4-7/h6-7H,1-5H2,(H,10,13). The molecule has 0 aromatic carbocycles. The van der Waals surface area contributed by atoms with Gasteiger partial charge in [-0.15, -0.1) is 5.10 Å². The lowest BCUT2D eigenvalue weighted by molar-refractivity contribution is 0.0951. The Balaban J connectivity index is 1.78. The molecule has 0 radical (unpaired) electrons. The van der Waals surface area contributed by atoms with Crippen molar-refractivity contribution in [3.05, 3.63) is 11.1 Å². The zero-order chi connectivity index (χ0) is 9.80. The van der Waals surface area contributed by atoms with Crippen molar-refractivity contribution in [3.8, 4) is 0 Å². The van der Waals surface area contributed by atoms with Crippen LogP contribution in [0.15, 0.2) is 6.20 Å². The van der Waals surface area contributed by atoms with Gasteiger partial charge in [-0.2, -0.15) is 0 Å². The van der Waals surface area contributed by atoms with Gasteiger partial charge in [0, 0.05) is 6.54 Å². The van der Waals surface area contributed by atoms with E-state index in [-0.39, 0.29) is 5.91 Å². The Labute approximate surface area is 86.9 Å². The summed E-state index contributed by atoms with van der Waals surface area (Å²) in [6.45, 7) is 0.802. The highest BCUT2D eigenvalue weighted by Gasteiger charge is 2.16. The molecule has 0 bridgehead atoms. The summed E-state index contributed by atoms with van der Waals surface area (Å²) in [6, 6.07) is 0. The van der Waals surface area contributed by atoms with Gasteiger partial charge in [-0.25, -0.2) is 0 Å². The smallest absolute Gasteiger partial charge is 0.264 e. The predicted octanol–water partition coefficient (Wildman–Crippen LogP) is 1.46. The van der Waals surface area contributed by atoms with E-state index in [1.807, 2.05) is 0 Å². The summed E-state index contributed by atoms with van der Waals surface area (Å²) in [6.07, 6.45) is 6.63. The summed E-state index contributed by atoms with van der Waals surface area (Å²) in [7, 11) is 0. The molecule has 1 amide bonds. The summed E-state index contributed by atoms with van der Waals surface area (Å²) in [4.78, 5) is 12.1. The topological polar surface area (TPSA) is 54.9 Å². The highest BCUT2D eigenvalue weighted by Crippen LogP contribution is 2.23. The first kappa shape index (κ1) is 9.58. The van der Waals surface area contributed by atoms with Gasteiger partial charge < -0.3 is 5.32 Å². The van der Waals surface area contributed by atoms with Crippen molar-refractivity contribution < 1.29 is 4.79 Å². The molecule has 0 spiro atoms. The number of nitrogens with zero attached hydrogens (tertiary/aromatic N) is 2. The first-order valence-corrected chi connectivity index (χ1v) is 5.69. The van der Waals surface area contributed by atoms with Crippen molar-refractivity contribution in [2.45, 2.75) is 25.7 Å². The van der Waals surface area contributed by atoms with Crippen molar-refractivity contribution in [1.82, 2.24) is 14.9 Å². The number of carbonyl (C=O) groups is 1. The van der Waals surface area contributed by atoms with Gasteiger partial charge in [0.05, 0.1) is 6.20 Å². The molecule has 1 aliphatic carbocycles. The van der Waals surface area contributed by atoms with Gasteiger partial charge >= 0.3 is 0 Å². The fourth-order valence-electron chi connectivity index (χ4n) is 1.81. The van der Waals surface area contributed by atoms with E-state index in [1.54, 1.807) is 0 Å².